The molecule has 0 radical (unpaired) electrons. The van der Waals surface area contributed by atoms with E-state index in [9.17, 15) is 24.9 Å². The number of rotatable bonds is 5. The summed E-state index contributed by atoms with van der Waals surface area (Å²) in [5, 5.41) is 31.5. The topological polar surface area (TPSA) is 107 Å². The van der Waals surface area contributed by atoms with Crippen molar-refractivity contribution in [2.75, 3.05) is 18.0 Å². The number of aromatic hydroxyl groups is 2. The number of ketones is 1. The summed E-state index contributed by atoms with van der Waals surface area (Å²) >= 11 is 0. The molecule has 7 nitrogen and oxygen atoms in total. The molecule has 0 saturated heterocycles. The lowest BCUT2D eigenvalue weighted by Crippen LogP contribution is -2.37. The van der Waals surface area contributed by atoms with Crippen molar-refractivity contribution in [1.82, 2.24) is 0 Å². The molecular formula is C32H31NO6. The zero-order valence-electron chi connectivity index (χ0n) is 21.8. The molecule has 3 N–H and O–H groups in total. The number of ether oxygens (including phenoxy) is 1. The molecule has 1 unspecified atom stereocenters. The van der Waals surface area contributed by atoms with Crippen molar-refractivity contribution in [1.29, 1.82) is 0 Å². The van der Waals surface area contributed by atoms with E-state index >= 15 is 0 Å². The number of allylic oxidation sites excluding steroid dienone is 6. The van der Waals surface area contributed by atoms with Crippen LogP contribution in [0.15, 0.2) is 60.7 Å². The smallest absolute Gasteiger partial charge is 0.303 e. The molecule has 0 amide bonds. The number of fused-ring (bicyclic) bond motifs is 5. The van der Waals surface area contributed by atoms with Gasteiger partial charge in [0.05, 0.1) is 5.41 Å². The first kappa shape index (κ1) is 25.0. The molecule has 3 aliphatic heterocycles. The van der Waals surface area contributed by atoms with Gasteiger partial charge >= 0.3 is 5.97 Å². The summed E-state index contributed by atoms with van der Waals surface area (Å²) in [6.45, 7) is 9.69. The van der Waals surface area contributed by atoms with Crippen LogP contribution in [0.4, 0.5) is 5.69 Å². The molecule has 200 valence electrons. The number of carbonyl (C=O) groups is 2. The standard InChI is InChI=1S/C32H31NO6/c1-3-7-20-22(8-4-2)32(17-25(20)34)23-15-18-9-5-13-33-14-6-10-21(27(18)33)30(23)39-31-24(32)16-19(11-12-26(35)36)28(37)29(31)38/h3-4,7-8,15-16,37-38H,1-2,5-6,9-14,17H2,(H,35,36)/b20-7+,22-8+. The van der Waals surface area contributed by atoms with Crippen LogP contribution in [0.2, 0.25) is 0 Å². The maximum absolute atomic E-state index is 13.7. The van der Waals surface area contributed by atoms with Gasteiger partial charge in [0.15, 0.2) is 17.3 Å². The van der Waals surface area contributed by atoms with Gasteiger partial charge < -0.3 is 25.0 Å². The van der Waals surface area contributed by atoms with Crippen molar-refractivity contribution in [2.45, 2.75) is 50.4 Å². The number of Topliss-reactive ketones (excluding diaryl/α,β-unsaturated/α-hetero) is 1. The molecule has 0 bridgehead atoms. The number of nitrogens with zero attached hydrogens (tertiary/aromatic N) is 1. The SMILES string of the molecule is C=C/C=C1\C(=C/C=C)C(=O)CC12c1cc(CCC(=O)O)c(O)c(O)c1Oc1c2cc2c3c1CCCN3CCC2. The van der Waals surface area contributed by atoms with Gasteiger partial charge in [-0.2, -0.15) is 0 Å². The van der Waals surface area contributed by atoms with E-state index in [1.165, 1.54) is 11.3 Å². The third kappa shape index (κ3) is 3.56. The predicted molar refractivity (Wildman–Crippen MR) is 148 cm³/mol. The fourth-order valence-electron chi connectivity index (χ4n) is 7.00. The number of phenolic OH excluding ortho intramolecular Hbond substituents is 2. The zero-order valence-corrected chi connectivity index (χ0v) is 21.8. The van der Waals surface area contributed by atoms with Crippen molar-refractivity contribution in [3.63, 3.8) is 0 Å². The van der Waals surface area contributed by atoms with Crippen LogP contribution in [0, 0.1) is 0 Å². The highest BCUT2D eigenvalue weighted by Crippen LogP contribution is 2.64. The molecule has 1 aliphatic carbocycles. The Hall–Kier alpha value is -4.26. The Kier molecular flexibility index (Phi) is 5.90. The average molecular weight is 526 g/mol. The number of carboxylic acids is 1. The van der Waals surface area contributed by atoms with E-state index in [2.05, 4.69) is 24.1 Å². The van der Waals surface area contributed by atoms with Gasteiger partial charge in [-0.1, -0.05) is 37.5 Å². The lowest BCUT2D eigenvalue weighted by Gasteiger charge is -2.44. The van der Waals surface area contributed by atoms with Crippen LogP contribution in [0.5, 0.6) is 23.0 Å². The minimum absolute atomic E-state index is 0.0130. The molecule has 2 aromatic rings. The van der Waals surface area contributed by atoms with Gasteiger partial charge in [-0.3, -0.25) is 9.59 Å². The largest absolute Gasteiger partial charge is 0.504 e. The Bertz CT molecular complexity index is 1530. The highest BCUT2D eigenvalue weighted by molar-refractivity contribution is 6.07. The van der Waals surface area contributed by atoms with Crippen LogP contribution >= 0.6 is 0 Å². The third-order valence-corrected chi connectivity index (χ3v) is 8.56. The Morgan fingerprint density at radius 3 is 2.46 bits per heavy atom. The van der Waals surface area contributed by atoms with E-state index in [1.54, 1.807) is 24.3 Å². The van der Waals surface area contributed by atoms with Gasteiger partial charge in [0.2, 0.25) is 5.75 Å². The third-order valence-electron chi connectivity index (χ3n) is 8.56. The van der Waals surface area contributed by atoms with E-state index in [0.29, 0.717) is 16.9 Å². The first-order valence-electron chi connectivity index (χ1n) is 13.4. The Balaban J connectivity index is 1.71. The minimum atomic E-state index is -1.02. The van der Waals surface area contributed by atoms with E-state index in [0.717, 1.165) is 55.5 Å². The van der Waals surface area contributed by atoms with E-state index in [1.807, 2.05) is 6.08 Å². The Morgan fingerprint density at radius 2 is 1.74 bits per heavy atom. The highest BCUT2D eigenvalue weighted by atomic mass is 16.5. The lowest BCUT2D eigenvalue weighted by molar-refractivity contribution is -0.137. The number of benzene rings is 2. The molecular weight excluding hydrogens is 494 g/mol. The normalized spacial score (nSPS) is 22.9. The molecule has 39 heavy (non-hydrogen) atoms. The summed E-state index contributed by atoms with van der Waals surface area (Å²) < 4.78 is 6.53. The molecule has 7 heteroatoms. The van der Waals surface area contributed by atoms with Crippen LogP contribution in [-0.4, -0.2) is 40.2 Å². The molecule has 6 rings (SSSR count). The van der Waals surface area contributed by atoms with E-state index in [-0.39, 0.29) is 36.4 Å². The van der Waals surface area contributed by atoms with Crippen molar-refractivity contribution >= 4 is 17.4 Å². The number of phenols is 2. The number of aliphatic carboxylic acids is 1. The van der Waals surface area contributed by atoms with Crippen molar-refractivity contribution in [2.24, 2.45) is 0 Å². The van der Waals surface area contributed by atoms with Gasteiger partial charge in [0, 0.05) is 53.9 Å². The fraction of sp³-hybridized carbons (Fsp3) is 0.312. The van der Waals surface area contributed by atoms with Gasteiger partial charge in [-0.15, -0.1) is 0 Å². The van der Waals surface area contributed by atoms with Crippen LogP contribution in [0.25, 0.3) is 0 Å². The Morgan fingerprint density at radius 1 is 1.03 bits per heavy atom. The minimum Gasteiger partial charge on any atom is -0.504 e. The summed E-state index contributed by atoms with van der Waals surface area (Å²) in [5.74, 6) is -1.20. The number of anilines is 1. The first-order chi connectivity index (χ1) is 18.8. The first-order valence-corrected chi connectivity index (χ1v) is 13.4. The second-order valence-electron chi connectivity index (χ2n) is 10.7. The highest BCUT2D eigenvalue weighted by Gasteiger charge is 2.55. The monoisotopic (exact) mass is 525 g/mol. The van der Waals surface area contributed by atoms with Crippen LogP contribution in [-0.2, 0) is 34.3 Å². The van der Waals surface area contributed by atoms with Crippen LogP contribution in [0.3, 0.4) is 0 Å². The van der Waals surface area contributed by atoms with Crippen LogP contribution in [0.1, 0.15) is 53.5 Å². The maximum atomic E-state index is 13.7. The van der Waals surface area contributed by atoms with Crippen molar-refractivity contribution in [3.8, 4) is 23.0 Å². The number of carboxylic acid groups (broad SMARTS) is 1. The summed E-state index contributed by atoms with van der Waals surface area (Å²) in [4.78, 5) is 27.4. The van der Waals surface area contributed by atoms with Crippen molar-refractivity contribution < 1.29 is 29.6 Å². The molecule has 1 atom stereocenters. The van der Waals surface area contributed by atoms with E-state index in [4.69, 9.17) is 4.74 Å². The van der Waals surface area contributed by atoms with Gasteiger partial charge in [-0.05, 0) is 60.9 Å². The number of aryl methyl sites for hydroxylation is 2. The molecule has 0 aromatic heterocycles. The Labute approximate surface area is 227 Å². The van der Waals surface area contributed by atoms with Crippen LogP contribution < -0.4 is 9.64 Å². The lowest BCUT2D eigenvalue weighted by atomic mass is 9.66. The van der Waals surface area contributed by atoms with Gasteiger partial charge in [-0.25, -0.2) is 0 Å². The second-order valence-corrected chi connectivity index (χ2v) is 10.7. The molecule has 2 aromatic carbocycles. The molecule has 3 heterocycles. The molecule has 1 spiro atoms. The summed E-state index contributed by atoms with van der Waals surface area (Å²) in [5.41, 5.74) is 5.38. The second kappa shape index (κ2) is 9.19. The summed E-state index contributed by atoms with van der Waals surface area (Å²) in [6, 6.07) is 3.87. The quantitative estimate of drug-likeness (QED) is 0.354. The van der Waals surface area contributed by atoms with Gasteiger partial charge in [0.25, 0.3) is 0 Å². The number of hydrogen-bond acceptors (Lipinski definition) is 6. The predicted octanol–water partition coefficient (Wildman–Crippen LogP) is 5.40. The fourth-order valence-corrected chi connectivity index (χ4v) is 7.00. The van der Waals surface area contributed by atoms with Crippen molar-refractivity contribution in [3.05, 3.63) is 88.6 Å². The average Bonchev–Trinajstić information content (AvgIpc) is 3.18. The molecule has 1 saturated carbocycles. The number of carbonyl (C=O) groups excluding carboxylic acids is 1. The molecule has 4 aliphatic rings. The van der Waals surface area contributed by atoms with Gasteiger partial charge in [0.1, 0.15) is 5.75 Å². The maximum Gasteiger partial charge on any atom is 0.303 e. The summed E-state index contributed by atoms with van der Waals surface area (Å²) in [6.07, 6.45) is 10.4. The van der Waals surface area contributed by atoms with E-state index < -0.39 is 22.9 Å². The summed E-state index contributed by atoms with van der Waals surface area (Å²) in [7, 11) is 0. The zero-order chi connectivity index (χ0) is 27.5. The number of hydrogen-bond donors (Lipinski definition) is 3. The molecule has 1 fully saturated rings.